The zero-order chi connectivity index (χ0) is 13.4. The van der Waals surface area contributed by atoms with Crippen molar-refractivity contribution in [2.75, 3.05) is 19.8 Å². The molecule has 0 aromatic heterocycles. The fraction of sp³-hybridized carbons (Fsp3) is 0.833. The molecule has 4 N–H and O–H groups in total. The van der Waals surface area contributed by atoms with Gasteiger partial charge in [0, 0.05) is 13.2 Å². The molecule has 0 heterocycles. The summed E-state index contributed by atoms with van der Waals surface area (Å²) in [5.74, 6) is -0.0652. The van der Waals surface area contributed by atoms with Gasteiger partial charge in [0.2, 0.25) is 5.91 Å². The summed E-state index contributed by atoms with van der Waals surface area (Å²) >= 11 is 0. The Bertz CT molecular complexity index is 290. The number of rotatable bonds is 9. The molecule has 6 heteroatoms. The molecule has 0 bridgehead atoms. The second-order valence-electron chi connectivity index (χ2n) is 4.68. The van der Waals surface area contributed by atoms with E-state index in [1.165, 1.54) is 12.8 Å². The molecule has 18 heavy (non-hydrogen) atoms. The van der Waals surface area contributed by atoms with Gasteiger partial charge in [-0.15, -0.1) is 0 Å². The standard InChI is InChI=1S/C12H23N3O3/c1-2-3-10(11(13)15-17)12(16)14-6-7-18-8-9-4-5-9/h9-10,17H,2-8H2,1H3,(H2,13,15)(H,14,16). The van der Waals surface area contributed by atoms with E-state index in [1.807, 2.05) is 6.92 Å². The van der Waals surface area contributed by atoms with Gasteiger partial charge in [-0.3, -0.25) is 4.79 Å². The Kier molecular flexibility index (Phi) is 6.49. The van der Waals surface area contributed by atoms with E-state index in [2.05, 4.69) is 10.5 Å². The summed E-state index contributed by atoms with van der Waals surface area (Å²) in [7, 11) is 0. The zero-order valence-electron chi connectivity index (χ0n) is 10.9. The van der Waals surface area contributed by atoms with Gasteiger partial charge < -0.3 is 21.0 Å². The number of nitrogens with two attached hydrogens (primary N) is 1. The molecular formula is C12H23N3O3. The maximum atomic E-state index is 11.8. The van der Waals surface area contributed by atoms with Gasteiger partial charge in [-0.2, -0.15) is 0 Å². The molecule has 0 aliphatic heterocycles. The molecule has 1 amide bonds. The third-order valence-corrected chi connectivity index (χ3v) is 2.96. The van der Waals surface area contributed by atoms with E-state index in [0.29, 0.717) is 19.6 Å². The molecule has 1 fully saturated rings. The average molecular weight is 257 g/mol. The first-order chi connectivity index (χ1) is 8.69. The van der Waals surface area contributed by atoms with Crippen LogP contribution in [0.3, 0.4) is 0 Å². The van der Waals surface area contributed by atoms with Crippen LogP contribution in [-0.4, -0.2) is 36.7 Å². The number of amides is 1. The van der Waals surface area contributed by atoms with Crippen molar-refractivity contribution in [2.24, 2.45) is 22.7 Å². The Hall–Kier alpha value is -1.30. The minimum absolute atomic E-state index is 0.0340. The summed E-state index contributed by atoms with van der Waals surface area (Å²) in [5.41, 5.74) is 5.49. The minimum atomic E-state index is -0.552. The molecule has 0 radical (unpaired) electrons. The molecular weight excluding hydrogens is 234 g/mol. The molecule has 0 spiro atoms. The van der Waals surface area contributed by atoms with Crippen molar-refractivity contribution in [3.8, 4) is 0 Å². The minimum Gasteiger partial charge on any atom is -0.409 e. The maximum Gasteiger partial charge on any atom is 0.230 e. The smallest absolute Gasteiger partial charge is 0.230 e. The van der Waals surface area contributed by atoms with E-state index in [1.54, 1.807) is 0 Å². The normalized spacial score (nSPS) is 17.5. The molecule has 1 unspecified atom stereocenters. The lowest BCUT2D eigenvalue weighted by molar-refractivity contribution is -0.123. The summed E-state index contributed by atoms with van der Waals surface area (Å²) in [6.45, 7) is 3.71. The van der Waals surface area contributed by atoms with Crippen molar-refractivity contribution in [2.45, 2.75) is 32.6 Å². The second-order valence-corrected chi connectivity index (χ2v) is 4.68. The zero-order valence-corrected chi connectivity index (χ0v) is 10.9. The van der Waals surface area contributed by atoms with Crippen LogP contribution >= 0.6 is 0 Å². The van der Waals surface area contributed by atoms with Gasteiger partial charge in [0.15, 0.2) is 5.84 Å². The highest BCUT2D eigenvalue weighted by Gasteiger charge is 2.22. The summed E-state index contributed by atoms with van der Waals surface area (Å²) in [6, 6.07) is 0. The van der Waals surface area contributed by atoms with Crippen molar-refractivity contribution < 1.29 is 14.7 Å². The molecule has 0 aromatic carbocycles. The molecule has 1 rings (SSSR count). The largest absolute Gasteiger partial charge is 0.409 e. The highest BCUT2D eigenvalue weighted by atomic mass is 16.5. The monoisotopic (exact) mass is 257 g/mol. The van der Waals surface area contributed by atoms with Crippen LogP contribution in [-0.2, 0) is 9.53 Å². The van der Waals surface area contributed by atoms with Gasteiger partial charge in [-0.05, 0) is 25.2 Å². The second kappa shape index (κ2) is 7.92. The fourth-order valence-corrected chi connectivity index (χ4v) is 1.68. The maximum absolute atomic E-state index is 11.8. The lowest BCUT2D eigenvalue weighted by Crippen LogP contribution is -2.40. The van der Waals surface area contributed by atoms with Gasteiger partial charge >= 0.3 is 0 Å². The fourth-order valence-electron chi connectivity index (χ4n) is 1.68. The molecule has 1 aliphatic rings. The SMILES string of the molecule is CCCC(C(=O)NCCOCC1CC1)C(N)=NO. The quantitative estimate of drug-likeness (QED) is 0.186. The molecule has 1 atom stereocenters. The number of ether oxygens (including phenoxy) is 1. The Morgan fingerprint density at radius 3 is 2.89 bits per heavy atom. The molecule has 104 valence electrons. The van der Waals surface area contributed by atoms with Crippen LogP contribution in [0.4, 0.5) is 0 Å². The van der Waals surface area contributed by atoms with Crippen molar-refractivity contribution in [3.63, 3.8) is 0 Å². The Morgan fingerprint density at radius 2 is 2.33 bits per heavy atom. The van der Waals surface area contributed by atoms with Gasteiger partial charge in [0.25, 0.3) is 0 Å². The van der Waals surface area contributed by atoms with Gasteiger partial charge in [-0.25, -0.2) is 0 Å². The highest BCUT2D eigenvalue weighted by Crippen LogP contribution is 2.28. The van der Waals surface area contributed by atoms with Crippen molar-refractivity contribution in [1.82, 2.24) is 5.32 Å². The number of oxime groups is 1. The van der Waals surface area contributed by atoms with Crippen molar-refractivity contribution in [3.05, 3.63) is 0 Å². The molecule has 1 aliphatic carbocycles. The van der Waals surface area contributed by atoms with Gasteiger partial charge in [0.1, 0.15) is 0 Å². The van der Waals surface area contributed by atoms with E-state index in [-0.39, 0.29) is 11.7 Å². The Labute approximate surface area is 108 Å². The third kappa shape index (κ3) is 5.35. The third-order valence-electron chi connectivity index (χ3n) is 2.96. The Morgan fingerprint density at radius 1 is 1.61 bits per heavy atom. The molecule has 6 nitrogen and oxygen atoms in total. The van der Waals surface area contributed by atoms with Crippen LogP contribution in [0.5, 0.6) is 0 Å². The first-order valence-corrected chi connectivity index (χ1v) is 6.51. The number of hydrogen-bond donors (Lipinski definition) is 3. The van der Waals surface area contributed by atoms with Crippen molar-refractivity contribution in [1.29, 1.82) is 0 Å². The van der Waals surface area contributed by atoms with E-state index in [4.69, 9.17) is 15.7 Å². The predicted octanol–water partition coefficient (Wildman–Crippen LogP) is 0.692. The van der Waals surface area contributed by atoms with E-state index >= 15 is 0 Å². The Balaban J connectivity index is 2.18. The summed E-state index contributed by atoms with van der Waals surface area (Å²) < 4.78 is 5.41. The number of nitrogens with zero attached hydrogens (tertiary/aromatic N) is 1. The van der Waals surface area contributed by atoms with Gasteiger partial charge in [-0.1, -0.05) is 18.5 Å². The summed E-state index contributed by atoms with van der Waals surface area (Å²) in [5, 5.41) is 14.3. The van der Waals surface area contributed by atoms with E-state index in [9.17, 15) is 4.79 Å². The van der Waals surface area contributed by atoms with Crippen LogP contribution < -0.4 is 11.1 Å². The number of carbonyl (C=O) groups excluding carboxylic acids is 1. The van der Waals surface area contributed by atoms with E-state index < -0.39 is 5.92 Å². The molecule has 0 aromatic rings. The van der Waals surface area contributed by atoms with Crippen LogP contribution in [0, 0.1) is 11.8 Å². The molecule has 0 saturated heterocycles. The topological polar surface area (TPSA) is 96.9 Å². The van der Waals surface area contributed by atoms with Crippen LogP contribution in [0.25, 0.3) is 0 Å². The first kappa shape index (κ1) is 14.8. The first-order valence-electron chi connectivity index (χ1n) is 6.51. The number of nitrogens with one attached hydrogen (secondary N) is 1. The van der Waals surface area contributed by atoms with Crippen LogP contribution in [0.15, 0.2) is 5.16 Å². The van der Waals surface area contributed by atoms with Crippen LogP contribution in [0.2, 0.25) is 0 Å². The summed E-state index contributed by atoms with van der Waals surface area (Å²) in [4.78, 5) is 11.8. The van der Waals surface area contributed by atoms with Gasteiger partial charge in [0.05, 0.1) is 12.5 Å². The summed E-state index contributed by atoms with van der Waals surface area (Å²) in [6.07, 6.45) is 3.89. The number of amidine groups is 1. The predicted molar refractivity (Wildman–Crippen MR) is 68.4 cm³/mol. The van der Waals surface area contributed by atoms with Crippen LogP contribution in [0.1, 0.15) is 32.6 Å². The lowest BCUT2D eigenvalue weighted by Gasteiger charge is -2.14. The van der Waals surface area contributed by atoms with E-state index in [0.717, 1.165) is 18.9 Å². The molecule has 1 saturated carbocycles. The lowest BCUT2D eigenvalue weighted by atomic mass is 10.0. The highest BCUT2D eigenvalue weighted by molar-refractivity contribution is 6.01. The van der Waals surface area contributed by atoms with Crippen molar-refractivity contribution >= 4 is 11.7 Å². The number of carbonyl (C=O) groups is 1. The average Bonchev–Trinajstić information content (AvgIpc) is 3.18. The number of hydrogen-bond acceptors (Lipinski definition) is 4.